The Bertz CT molecular complexity index is 712. The van der Waals surface area contributed by atoms with Gasteiger partial charge in [0.2, 0.25) is 0 Å². The van der Waals surface area contributed by atoms with Gasteiger partial charge in [-0.05, 0) is 35.7 Å². The van der Waals surface area contributed by atoms with Gasteiger partial charge in [-0.15, -0.1) is 0 Å². The lowest BCUT2D eigenvalue weighted by atomic mass is 9.93. The van der Waals surface area contributed by atoms with Crippen LogP contribution in [0.2, 0.25) is 0 Å². The van der Waals surface area contributed by atoms with Crippen molar-refractivity contribution >= 4 is 5.97 Å². The first-order valence-electron chi connectivity index (χ1n) is 6.67. The van der Waals surface area contributed by atoms with Gasteiger partial charge in [-0.2, -0.15) is 5.26 Å². The van der Waals surface area contributed by atoms with Gasteiger partial charge in [-0.1, -0.05) is 31.5 Å². The predicted molar refractivity (Wildman–Crippen MR) is 79.2 cm³/mol. The maximum atomic E-state index is 11.1. The van der Waals surface area contributed by atoms with Crippen LogP contribution in [0.25, 0.3) is 11.1 Å². The van der Waals surface area contributed by atoms with Crippen molar-refractivity contribution in [2.45, 2.75) is 19.8 Å². The Kier molecular flexibility index (Phi) is 4.24. The van der Waals surface area contributed by atoms with Crippen LogP contribution in [-0.2, 0) is 6.42 Å². The molecular formula is C17H15NO3. The van der Waals surface area contributed by atoms with E-state index in [0.29, 0.717) is 17.5 Å². The topological polar surface area (TPSA) is 81.3 Å². The van der Waals surface area contributed by atoms with E-state index >= 15 is 0 Å². The molecule has 0 aliphatic heterocycles. The molecule has 0 amide bonds. The molecule has 0 spiro atoms. The van der Waals surface area contributed by atoms with E-state index in [4.69, 9.17) is 10.4 Å². The Hall–Kier alpha value is -2.80. The molecule has 0 saturated heterocycles. The molecule has 0 heterocycles. The van der Waals surface area contributed by atoms with Gasteiger partial charge >= 0.3 is 5.97 Å². The van der Waals surface area contributed by atoms with Crippen molar-refractivity contribution in [3.8, 4) is 22.9 Å². The van der Waals surface area contributed by atoms with E-state index < -0.39 is 5.97 Å². The first-order valence-corrected chi connectivity index (χ1v) is 6.67. The van der Waals surface area contributed by atoms with E-state index in [9.17, 15) is 9.90 Å². The van der Waals surface area contributed by atoms with E-state index in [1.165, 1.54) is 6.07 Å². The molecule has 0 bridgehead atoms. The van der Waals surface area contributed by atoms with Gasteiger partial charge in [0, 0.05) is 5.56 Å². The standard InChI is InChI=1S/C17H15NO3/c1-2-3-14-13(8-9-15(16(14)19)17(20)21)12-6-4-11(10-18)5-7-12/h4-9,19H,2-3H2,1H3,(H,20,21). The Labute approximate surface area is 122 Å². The van der Waals surface area contributed by atoms with Gasteiger partial charge in [-0.3, -0.25) is 0 Å². The molecule has 21 heavy (non-hydrogen) atoms. The van der Waals surface area contributed by atoms with E-state index in [1.54, 1.807) is 30.3 Å². The quantitative estimate of drug-likeness (QED) is 0.897. The summed E-state index contributed by atoms with van der Waals surface area (Å²) in [5, 5.41) is 28.1. The lowest BCUT2D eigenvalue weighted by Gasteiger charge is -2.13. The van der Waals surface area contributed by atoms with Crippen LogP contribution in [0.5, 0.6) is 5.75 Å². The summed E-state index contributed by atoms with van der Waals surface area (Å²) >= 11 is 0. The maximum Gasteiger partial charge on any atom is 0.339 e. The summed E-state index contributed by atoms with van der Waals surface area (Å²) < 4.78 is 0. The van der Waals surface area contributed by atoms with Crippen LogP contribution >= 0.6 is 0 Å². The van der Waals surface area contributed by atoms with Crippen LogP contribution in [-0.4, -0.2) is 16.2 Å². The van der Waals surface area contributed by atoms with E-state index in [0.717, 1.165) is 17.5 Å². The zero-order valence-electron chi connectivity index (χ0n) is 11.6. The number of carboxylic acid groups (broad SMARTS) is 1. The fourth-order valence-corrected chi connectivity index (χ4v) is 2.31. The van der Waals surface area contributed by atoms with Crippen molar-refractivity contribution < 1.29 is 15.0 Å². The second kappa shape index (κ2) is 6.10. The number of rotatable bonds is 4. The molecule has 0 saturated carbocycles. The van der Waals surface area contributed by atoms with E-state index in [1.807, 2.05) is 6.92 Å². The summed E-state index contributed by atoms with van der Waals surface area (Å²) in [6.07, 6.45) is 1.38. The summed E-state index contributed by atoms with van der Waals surface area (Å²) in [7, 11) is 0. The van der Waals surface area contributed by atoms with Crippen LogP contribution in [0.1, 0.15) is 34.8 Å². The SMILES string of the molecule is CCCc1c(-c2ccc(C#N)cc2)ccc(C(=O)O)c1O. The molecule has 0 radical (unpaired) electrons. The number of aromatic carboxylic acids is 1. The summed E-state index contributed by atoms with van der Waals surface area (Å²) in [4.78, 5) is 11.1. The van der Waals surface area contributed by atoms with Crippen LogP contribution < -0.4 is 0 Å². The number of carbonyl (C=O) groups is 1. The van der Waals surface area contributed by atoms with Crippen LogP contribution in [0.3, 0.4) is 0 Å². The number of aromatic hydroxyl groups is 1. The fourth-order valence-electron chi connectivity index (χ4n) is 2.31. The fraction of sp³-hybridized carbons (Fsp3) is 0.176. The molecule has 0 atom stereocenters. The molecule has 2 rings (SSSR count). The average Bonchev–Trinajstić information content (AvgIpc) is 2.49. The third kappa shape index (κ3) is 2.87. The van der Waals surface area contributed by atoms with E-state index in [2.05, 4.69) is 6.07 Å². The van der Waals surface area contributed by atoms with Crippen LogP contribution in [0.4, 0.5) is 0 Å². The molecule has 0 fully saturated rings. The van der Waals surface area contributed by atoms with Gasteiger partial charge in [0.15, 0.2) is 0 Å². The zero-order valence-corrected chi connectivity index (χ0v) is 11.6. The number of nitriles is 1. The molecule has 0 aliphatic rings. The smallest absolute Gasteiger partial charge is 0.339 e. The van der Waals surface area contributed by atoms with Gasteiger partial charge < -0.3 is 10.2 Å². The normalized spacial score (nSPS) is 10.1. The Morgan fingerprint density at radius 2 is 1.86 bits per heavy atom. The van der Waals surface area contributed by atoms with Crippen molar-refractivity contribution in [3.63, 3.8) is 0 Å². The molecular weight excluding hydrogens is 266 g/mol. The molecule has 106 valence electrons. The number of benzene rings is 2. The largest absolute Gasteiger partial charge is 0.507 e. The Balaban J connectivity index is 2.59. The molecule has 4 nitrogen and oxygen atoms in total. The van der Waals surface area contributed by atoms with E-state index in [-0.39, 0.29) is 11.3 Å². The Morgan fingerprint density at radius 3 is 2.38 bits per heavy atom. The van der Waals surface area contributed by atoms with Crippen molar-refractivity contribution in [3.05, 3.63) is 53.1 Å². The number of phenols is 1. The minimum atomic E-state index is -1.14. The molecule has 2 aromatic rings. The molecule has 0 unspecified atom stereocenters. The van der Waals surface area contributed by atoms with Gasteiger partial charge in [0.05, 0.1) is 11.6 Å². The third-order valence-corrected chi connectivity index (χ3v) is 3.34. The van der Waals surface area contributed by atoms with Gasteiger partial charge in [-0.25, -0.2) is 4.79 Å². The highest BCUT2D eigenvalue weighted by Gasteiger charge is 2.17. The molecule has 4 heteroatoms. The van der Waals surface area contributed by atoms with Gasteiger partial charge in [0.25, 0.3) is 0 Å². The van der Waals surface area contributed by atoms with Gasteiger partial charge in [0.1, 0.15) is 11.3 Å². The second-order valence-corrected chi connectivity index (χ2v) is 4.73. The van der Waals surface area contributed by atoms with Crippen molar-refractivity contribution in [1.29, 1.82) is 5.26 Å². The molecule has 0 aromatic heterocycles. The Morgan fingerprint density at radius 1 is 1.19 bits per heavy atom. The second-order valence-electron chi connectivity index (χ2n) is 4.73. The average molecular weight is 281 g/mol. The highest BCUT2D eigenvalue weighted by atomic mass is 16.4. The zero-order chi connectivity index (χ0) is 15.4. The maximum absolute atomic E-state index is 11.1. The predicted octanol–water partition coefficient (Wildman–Crippen LogP) is 3.58. The van der Waals surface area contributed by atoms with Crippen molar-refractivity contribution in [2.75, 3.05) is 0 Å². The minimum Gasteiger partial charge on any atom is -0.507 e. The number of hydrogen-bond acceptors (Lipinski definition) is 3. The summed E-state index contributed by atoms with van der Waals surface area (Å²) in [5.41, 5.74) is 2.74. The van der Waals surface area contributed by atoms with Crippen molar-refractivity contribution in [2.24, 2.45) is 0 Å². The first-order chi connectivity index (χ1) is 10.1. The summed E-state index contributed by atoms with van der Waals surface area (Å²) in [5.74, 6) is -1.32. The van der Waals surface area contributed by atoms with Crippen LogP contribution in [0.15, 0.2) is 36.4 Å². The molecule has 2 aromatic carbocycles. The van der Waals surface area contributed by atoms with Crippen molar-refractivity contribution in [1.82, 2.24) is 0 Å². The number of carboxylic acids is 1. The lowest BCUT2D eigenvalue weighted by Crippen LogP contribution is -2.01. The highest BCUT2D eigenvalue weighted by molar-refractivity contribution is 5.93. The summed E-state index contributed by atoms with van der Waals surface area (Å²) in [6, 6.07) is 12.2. The monoisotopic (exact) mass is 281 g/mol. The first kappa shape index (κ1) is 14.6. The number of nitrogens with zero attached hydrogens (tertiary/aromatic N) is 1. The summed E-state index contributed by atoms with van der Waals surface area (Å²) in [6.45, 7) is 1.97. The molecule has 0 aliphatic carbocycles. The molecule has 2 N–H and O–H groups in total. The highest BCUT2D eigenvalue weighted by Crippen LogP contribution is 2.34. The minimum absolute atomic E-state index is 0.0872. The number of hydrogen-bond donors (Lipinski definition) is 2. The third-order valence-electron chi connectivity index (χ3n) is 3.34. The lowest BCUT2D eigenvalue weighted by molar-refractivity contribution is 0.0693. The van der Waals surface area contributed by atoms with Crippen LogP contribution in [0, 0.1) is 11.3 Å².